The van der Waals surface area contributed by atoms with E-state index < -0.39 is 0 Å². The molecule has 0 saturated carbocycles. The number of carbonyl (C=O) groups is 2. The summed E-state index contributed by atoms with van der Waals surface area (Å²) in [6.45, 7) is 2.51. The van der Waals surface area contributed by atoms with Crippen LogP contribution in [0.25, 0.3) is 11.5 Å². The summed E-state index contributed by atoms with van der Waals surface area (Å²) in [5, 5.41) is 13.9. The van der Waals surface area contributed by atoms with Crippen molar-refractivity contribution in [3.05, 3.63) is 29.3 Å². The molecule has 2 rings (SSSR count). The zero-order chi connectivity index (χ0) is 17.4. The molecule has 0 aliphatic carbocycles. The van der Waals surface area contributed by atoms with Crippen molar-refractivity contribution in [2.75, 3.05) is 18.8 Å². The van der Waals surface area contributed by atoms with Crippen LogP contribution in [0, 0.1) is 0 Å². The highest BCUT2D eigenvalue weighted by Gasteiger charge is 2.11. The van der Waals surface area contributed by atoms with Crippen molar-refractivity contribution in [2.24, 2.45) is 0 Å². The van der Waals surface area contributed by atoms with Gasteiger partial charge < -0.3 is 15.1 Å². The summed E-state index contributed by atoms with van der Waals surface area (Å²) in [7, 11) is 0. The summed E-state index contributed by atoms with van der Waals surface area (Å²) in [5.74, 6) is -0.0482. The Balaban J connectivity index is 1.77. The number of benzene rings is 1. The van der Waals surface area contributed by atoms with Gasteiger partial charge in [0.25, 0.3) is 5.22 Å². The van der Waals surface area contributed by atoms with Gasteiger partial charge in [0.2, 0.25) is 17.7 Å². The minimum absolute atomic E-state index is 0.0424. The molecule has 0 aliphatic heterocycles. The van der Waals surface area contributed by atoms with Crippen LogP contribution in [-0.2, 0) is 9.59 Å². The van der Waals surface area contributed by atoms with Crippen LogP contribution in [0.1, 0.15) is 13.3 Å². The Kier molecular flexibility index (Phi) is 7.07. The van der Waals surface area contributed by atoms with E-state index >= 15 is 0 Å². The molecule has 0 radical (unpaired) electrons. The lowest BCUT2D eigenvalue weighted by Gasteiger charge is -2.04. The summed E-state index contributed by atoms with van der Waals surface area (Å²) >= 11 is 6.93. The summed E-state index contributed by atoms with van der Waals surface area (Å²) in [4.78, 5) is 23.1. The Morgan fingerprint density at radius 1 is 1.17 bits per heavy atom. The van der Waals surface area contributed by atoms with Crippen LogP contribution in [-0.4, -0.2) is 40.9 Å². The van der Waals surface area contributed by atoms with Gasteiger partial charge in [-0.25, -0.2) is 0 Å². The zero-order valence-corrected chi connectivity index (χ0v) is 14.6. The van der Waals surface area contributed by atoms with Gasteiger partial charge in [0.1, 0.15) is 0 Å². The molecule has 0 aliphatic rings. The number of amides is 2. The van der Waals surface area contributed by atoms with Gasteiger partial charge >= 0.3 is 0 Å². The van der Waals surface area contributed by atoms with Crippen LogP contribution in [0.4, 0.5) is 0 Å². The second-order valence-electron chi connectivity index (χ2n) is 4.80. The Morgan fingerprint density at radius 3 is 2.62 bits per heavy atom. The van der Waals surface area contributed by atoms with Gasteiger partial charge in [0.15, 0.2) is 0 Å². The first kappa shape index (κ1) is 18.3. The first-order valence-corrected chi connectivity index (χ1v) is 8.70. The lowest BCUT2D eigenvalue weighted by atomic mass is 10.2. The van der Waals surface area contributed by atoms with E-state index in [9.17, 15) is 9.59 Å². The van der Waals surface area contributed by atoms with Gasteiger partial charge in [-0.3, -0.25) is 9.59 Å². The van der Waals surface area contributed by atoms with Gasteiger partial charge in [0, 0.05) is 17.1 Å². The largest absolute Gasteiger partial charge is 0.411 e. The molecule has 2 N–H and O–H groups in total. The summed E-state index contributed by atoms with van der Waals surface area (Å²) in [6.07, 6.45) is 0.850. The fraction of sp³-hybridized carbons (Fsp3) is 0.333. The van der Waals surface area contributed by atoms with Crippen LogP contribution >= 0.6 is 23.4 Å². The van der Waals surface area contributed by atoms with E-state index in [4.69, 9.17) is 16.0 Å². The lowest BCUT2D eigenvalue weighted by Crippen LogP contribution is -2.37. The van der Waals surface area contributed by atoms with Gasteiger partial charge in [-0.05, 0) is 30.7 Å². The molecule has 0 saturated heterocycles. The first-order chi connectivity index (χ1) is 11.6. The molecular weight excluding hydrogens is 352 g/mol. The van der Waals surface area contributed by atoms with Gasteiger partial charge in [-0.1, -0.05) is 30.3 Å². The first-order valence-electron chi connectivity index (χ1n) is 7.34. The molecule has 0 atom stereocenters. The molecule has 0 fully saturated rings. The summed E-state index contributed by atoms with van der Waals surface area (Å²) in [6, 6.07) is 6.99. The molecule has 1 aromatic heterocycles. The number of halogens is 1. The highest BCUT2D eigenvalue weighted by molar-refractivity contribution is 7.99. The maximum absolute atomic E-state index is 11.7. The fourth-order valence-electron chi connectivity index (χ4n) is 1.66. The minimum atomic E-state index is -0.280. The molecule has 1 aromatic carbocycles. The second-order valence-corrected chi connectivity index (χ2v) is 6.16. The van der Waals surface area contributed by atoms with E-state index in [0.29, 0.717) is 17.5 Å². The van der Waals surface area contributed by atoms with Crippen LogP contribution in [0.3, 0.4) is 0 Å². The second kappa shape index (κ2) is 9.29. The predicted octanol–water partition coefficient (Wildman–Crippen LogP) is 2.12. The van der Waals surface area contributed by atoms with Gasteiger partial charge in [0.05, 0.1) is 12.3 Å². The molecule has 9 heteroatoms. The lowest BCUT2D eigenvalue weighted by molar-refractivity contribution is -0.124. The molecule has 0 bridgehead atoms. The van der Waals surface area contributed by atoms with Crippen LogP contribution in [0.15, 0.2) is 33.9 Å². The molecular formula is C15H17ClN4O3S. The van der Waals surface area contributed by atoms with Crippen molar-refractivity contribution < 1.29 is 14.0 Å². The normalized spacial score (nSPS) is 10.4. The standard InChI is InChI=1S/C15H17ClN4O3S/c1-2-7-17-12(21)8-18-13(22)9-24-15-20-19-14(23-15)10-3-5-11(16)6-4-10/h3-6H,2,7-9H2,1H3,(H,17,21)(H,18,22). The van der Waals surface area contributed by atoms with Crippen molar-refractivity contribution in [2.45, 2.75) is 18.6 Å². The Hall–Kier alpha value is -2.06. The fourth-order valence-corrected chi connectivity index (χ4v) is 2.38. The third kappa shape index (κ3) is 5.86. The molecule has 2 aromatic rings. The average molecular weight is 369 g/mol. The van der Waals surface area contributed by atoms with E-state index in [0.717, 1.165) is 23.7 Å². The van der Waals surface area contributed by atoms with Gasteiger partial charge in [-0.2, -0.15) is 0 Å². The summed E-state index contributed by atoms with van der Waals surface area (Å²) < 4.78 is 5.48. The van der Waals surface area contributed by atoms with Crippen molar-refractivity contribution in [3.63, 3.8) is 0 Å². The molecule has 24 heavy (non-hydrogen) atoms. The zero-order valence-electron chi connectivity index (χ0n) is 13.0. The van der Waals surface area contributed by atoms with Crippen LogP contribution < -0.4 is 10.6 Å². The van der Waals surface area contributed by atoms with Gasteiger partial charge in [-0.15, -0.1) is 10.2 Å². The maximum Gasteiger partial charge on any atom is 0.277 e. The third-order valence-corrected chi connectivity index (χ3v) is 3.91. The topological polar surface area (TPSA) is 97.1 Å². The Morgan fingerprint density at radius 2 is 1.92 bits per heavy atom. The average Bonchev–Trinajstić information content (AvgIpc) is 3.06. The number of hydrogen-bond donors (Lipinski definition) is 2. The van der Waals surface area contributed by atoms with E-state index in [-0.39, 0.29) is 29.3 Å². The van der Waals surface area contributed by atoms with E-state index in [2.05, 4.69) is 20.8 Å². The highest BCUT2D eigenvalue weighted by atomic mass is 35.5. The van der Waals surface area contributed by atoms with Crippen LogP contribution in [0.2, 0.25) is 5.02 Å². The predicted molar refractivity (Wildman–Crippen MR) is 91.8 cm³/mol. The number of carbonyl (C=O) groups excluding carboxylic acids is 2. The molecule has 0 unspecified atom stereocenters. The molecule has 0 spiro atoms. The van der Waals surface area contributed by atoms with Crippen molar-refractivity contribution in [1.82, 2.24) is 20.8 Å². The number of aromatic nitrogens is 2. The molecule has 1 heterocycles. The summed E-state index contributed by atoms with van der Waals surface area (Å²) in [5.41, 5.74) is 0.746. The number of hydrogen-bond acceptors (Lipinski definition) is 6. The molecule has 7 nitrogen and oxygen atoms in total. The number of nitrogens with one attached hydrogen (secondary N) is 2. The molecule has 128 valence electrons. The molecule has 2 amide bonds. The smallest absolute Gasteiger partial charge is 0.277 e. The Labute approximate surface area is 148 Å². The van der Waals surface area contributed by atoms with Crippen molar-refractivity contribution in [3.8, 4) is 11.5 Å². The van der Waals surface area contributed by atoms with Crippen molar-refractivity contribution in [1.29, 1.82) is 0 Å². The van der Waals surface area contributed by atoms with E-state index in [1.807, 2.05) is 6.92 Å². The quantitative estimate of drug-likeness (QED) is 0.693. The van der Waals surface area contributed by atoms with E-state index in [1.165, 1.54) is 0 Å². The van der Waals surface area contributed by atoms with Crippen LogP contribution in [0.5, 0.6) is 0 Å². The maximum atomic E-state index is 11.7. The minimum Gasteiger partial charge on any atom is -0.411 e. The SMILES string of the molecule is CCCNC(=O)CNC(=O)CSc1nnc(-c2ccc(Cl)cc2)o1. The monoisotopic (exact) mass is 368 g/mol. The van der Waals surface area contributed by atoms with E-state index in [1.54, 1.807) is 24.3 Å². The number of rotatable bonds is 8. The highest BCUT2D eigenvalue weighted by Crippen LogP contribution is 2.24. The third-order valence-electron chi connectivity index (χ3n) is 2.84. The number of nitrogens with zero attached hydrogens (tertiary/aromatic N) is 2. The number of thioether (sulfide) groups is 1. The van der Waals surface area contributed by atoms with Crippen molar-refractivity contribution >= 4 is 35.2 Å². The Bertz CT molecular complexity index is 690.